The number of halogens is 2. The second kappa shape index (κ2) is 14.5. The number of rotatable bonds is 12. The van der Waals surface area contributed by atoms with Crippen LogP contribution in [-0.4, -0.2) is 43.8 Å². The standard InChI is InChI=1S/C24H27ClIN3O6/c1-4-33-20-11-16(10-19(26)24(20)35-14-23(32)34-5-2)13-27-29-22(31)9-8-21(30)28-17-7-6-15(3)18(25)12-17/h6-7,10-13H,4-5,8-9,14H2,1-3H3,(H,28,30)(H,29,31). The van der Waals surface area contributed by atoms with Crippen LogP contribution < -0.4 is 20.2 Å². The average molecular weight is 616 g/mol. The molecule has 0 aliphatic carbocycles. The van der Waals surface area contributed by atoms with Crippen molar-refractivity contribution in [1.82, 2.24) is 5.43 Å². The second-order valence-electron chi connectivity index (χ2n) is 7.16. The number of esters is 1. The summed E-state index contributed by atoms with van der Waals surface area (Å²) >= 11 is 8.11. The molecule has 188 valence electrons. The number of carbonyl (C=O) groups excluding carboxylic acids is 3. The zero-order valence-corrected chi connectivity index (χ0v) is 22.6. The quantitative estimate of drug-likeness (QED) is 0.158. The molecule has 2 N–H and O–H groups in total. The van der Waals surface area contributed by atoms with Crippen LogP contribution in [0.1, 0.15) is 37.8 Å². The Morgan fingerprint density at radius 2 is 1.80 bits per heavy atom. The van der Waals surface area contributed by atoms with E-state index in [9.17, 15) is 14.4 Å². The number of benzene rings is 2. The van der Waals surface area contributed by atoms with Gasteiger partial charge in [-0.1, -0.05) is 17.7 Å². The van der Waals surface area contributed by atoms with Gasteiger partial charge in [0.25, 0.3) is 0 Å². The molecule has 0 saturated carbocycles. The summed E-state index contributed by atoms with van der Waals surface area (Å²) in [6.45, 7) is 5.83. The predicted molar refractivity (Wildman–Crippen MR) is 142 cm³/mol. The van der Waals surface area contributed by atoms with Crippen LogP contribution in [0.25, 0.3) is 0 Å². The van der Waals surface area contributed by atoms with Crippen LogP contribution in [0.2, 0.25) is 5.02 Å². The van der Waals surface area contributed by atoms with E-state index in [4.69, 9.17) is 25.8 Å². The molecule has 2 aromatic rings. The van der Waals surface area contributed by atoms with E-state index >= 15 is 0 Å². The summed E-state index contributed by atoms with van der Waals surface area (Å²) in [5, 5.41) is 7.20. The van der Waals surface area contributed by atoms with Crippen molar-refractivity contribution in [3.8, 4) is 11.5 Å². The van der Waals surface area contributed by atoms with E-state index in [0.29, 0.717) is 37.9 Å². The molecule has 0 aromatic heterocycles. The van der Waals surface area contributed by atoms with E-state index in [0.717, 1.165) is 5.56 Å². The van der Waals surface area contributed by atoms with Crippen LogP contribution >= 0.6 is 34.2 Å². The van der Waals surface area contributed by atoms with Crippen LogP contribution in [0.5, 0.6) is 11.5 Å². The molecule has 0 atom stereocenters. The SMILES string of the molecule is CCOC(=O)COc1c(I)cc(C=NNC(=O)CCC(=O)Nc2ccc(C)c(Cl)c2)cc1OCC. The van der Waals surface area contributed by atoms with Crippen LogP contribution in [0.3, 0.4) is 0 Å². The lowest BCUT2D eigenvalue weighted by Gasteiger charge is -2.14. The molecule has 9 nitrogen and oxygen atoms in total. The minimum Gasteiger partial charge on any atom is -0.490 e. The smallest absolute Gasteiger partial charge is 0.344 e. The zero-order valence-electron chi connectivity index (χ0n) is 19.7. The number of aryl methyl sites for hydroxylation is 1. The largest absolute Gasteiger partial charge is 0.490 e. The molecule has 0 spiro atoms. The van der Waals surface area contributed by atoms with Crippen LogP contribution in [-0.2, 0) is 19.1 Å². The van der Waals surface area contributed by atoms with E-state index in [1.54, 1.807) is 37.3 Å². The normalized spacial score (nSPS) is 10.7. The van der Waals surface area contributed by atoms with Crippen molar-refractivity contribution in [2.45, 2.75) is 33.6 Å². The van der Waals surface area contributed by atoms with E-state index in [2.05, 4.69) is 38.4 Å². The molecule has 0 bridgehead atoms. The Morgan fingerprint density at radius 3 is 2.49 bits per heavy atom. The van der Waals surface area contributed by atoms with E-state index in [-0.39, 0.29) is 32.0 Å². The summed E-state index contributed by atoms with van der Waals surface area (Å²) in [7, 11) is 0. The summed E-state index contributed by atoms with van der Waals surface area (Å²) in [4.78, 5) is 35.7. The fourth-order valence-electron chi connectivity index (χ4n) is 2.76. The number of anilines is 1. The highest BCUT2D eigenvalue weighted by atomic mass is 127. The number of hydrogen-bond donors (Lipinski definition) is 2. The molecule has 2 amide bonds. The number of nitrogens with zero attached hydrogens (tertiary/aromatic N) is 1. The first-order valence-electron chi connectivity index (χ1n) is 10.9. The number of carbonyl (C=O) groups is 3. The first-order valence-corrected chi connectivity index (χ1v) is 12.3. The zero-order chi connectivity index (χ0) is 25.8. The third-order valence-electron chi connectivity index (χ3n) is 4.41. The van der Waals surface area contributed by atoms with Gasteiger partial charge in [-0.2, -0.15) is 5.10 Å². The average Bonchev–Trinajstić information content (AvgIpc) is 2.80. The molecular weight excluding hydrogens is 589 g/mol. The van der Waals surface area contributed by atoms with E-state index in [1.807, 2.05) is 13.8 Å². The van der Waals surface area contributed by atoms with Crippen molar-refractivity contribution in [3.63, 3.8) is 0 Å². The highest BCUT2D eigenvalue weighted by molar-refractivity contribution is 14.1. The van der Waals surface area contributed by atoms with Gasteiger partial charge >= 0.3 is 5.97 Å². The Labute approximate surface area is 222 Å². The summed E-state index contributed by atoms with van der Waals surface area (Å²) in [5.41, 5.74) is 4.52. The molecule has 2 rings (SSSR count). The summed E-state index contributed by atoms with van der Waals surface area (Å²) in [6, 6.07) is 8.65. The molecule has 0 aliphatic rings. The summed E-state index contributed by atoms with van der Waals surface area (Å²) in [5.74, 6) is -0.340. The molecule has 0 aliphatic heterocycles. The lowest BCUT2D eigenvalue weighted by molar-refractivity contribution is -0.145. The first-order chi connectivity index (χ1) is 16.7. The van der Waals surface area contributed by atoms with Crippen molar-refractivity contribution < 1.29 is 28.6 Å². The van der Waals surface area contributed by atoms with Crippen molar-refractivity contribution in [1.29, 1.82) is 0 Å². The number of hydrazone groups is 1. The third kappa shape index (κ3) is 9.73. The van der Waals surface area contributed by atoms with Gasteiger partial charge in [0.1, 0.15) is 0 Å². The monoisotopic (exact) mass is 615 g/mol. The molecule has 0 radical (unpaired) electrons. The Balaban J connectivity index is 1.90. The van der Waals surface area contributed by atoms with Crippen molar-refractivity contribution in [3.05, 3.63) is 50.1 Å². The van der Waals surface area contributed by atoms with Crippen molar-refractivity contribution in [2.24, 2.45) is 5.10 Å². The van der Waals surface area contributed by atoms with E-state index < -0.39 is 11.9 Å². The number of ether oxygens (including phenoxy) is 3. The maximum atomic E-state index is 12.1. The molecule has 0 fully saturated rings. The van der Waals surface area contributed by atoms with Gasteiger partial charge in [-0.3, -0.25) is 9.59 Å². The van der Waals surface area contributed by atoms with Crippen LogP contribution in [0.15, 0.2) is 35.4 Å². The van der Waals surface area contributed by atoms with Gasteiger partial charge in [0.2, 0.25) is 11.8 Å². The maximum absolute atomic E-state index is 12.1. The highest BCUT2D eigenvalue weighted by Gasteiger charge is 2.14. The van der Waals surface area contributed by atoms with Gasteiger partial charge in [-0.25, -0.2) is 10.2 Å². The maximum Gasteiger partial charge on any atom is 0.344 e. The van der Waals surface area contributed by atoms with E-state index in [1.165, 1.54) is 6.21 Å². The van der Waals surface area contributed by atoms with Gasteiger partial charge in [0.05, 0.1) is 23.0 Å². The molecule has 0 heterocycles. The molecule has 11 heteroatoms. The fraction of sp³-hybridized carbons (Fsp3) is 0.333. The summed E-state index contributed by atoms with van der Waals surface area (Å²) in [6.07, 6.45) is 1.41. The Hall–Kier alpha value is -2.86. The van der Waals surface area contributed by atoms with Crippen LogP contribution in [0.4, 0.5) is 5.69 Å². The minimum absolute atomic E-state index is 0.00820. The number of hydrogen-bond acceptors (Lipinski definition) is 7. The fourth-order valence-corrected chi connectivity index (χ4v) is 3.72. The molecule has 2 aromatic carbocycles. The lowest BCUT2D eigenvalue weighted by atomic mass is 10.2. The second-order valence-corrected chi connectivity index (χ2v) is 8.73. The Kier molecular flexibility index (Phi) is 11.8. The van der Waals surface area contributed by atoms with Gasteiger partial charge in [-0.15, -0.1) is 0 Å². The highest BCUT2D eigenvalue weighted by Crippen LogP contribution is 2.34. The van der Waals surface area contributed by atoms with Gasteiger partial charge in [0.15, 0.2) is 18.1 Å². The summed E-state index contributed by atoms with van der Waals surface area (Å²) < 4.78 is 16.8. The van der Waals surface area contributed by atoms with Crippen LogP contribution in [0, 0.1) is 10.5 Å². The Bertz CT molecular complexity index is 1090. The van der Waals surface area contributed by atoms with Crippen molar-refractivity contribution >= 4 is 63.9 Å². The van der Waals surface area contributed by atoms with Gasteiger partial charge < -0.3 is 19.5 Å². The molecule has 35 heavy (non-hydrogen) atoms. The Morgan fingerprint density at radius 1 is 1.06 bits per heavy atom. The third-order valence-corrected chi connectivity index (χ3v) is 5.62. The first kappa shape index (κ1) is 28.4. The van der Waals surface area contributed by atoms with Gasteiger partial charge in [0, 0.05) is 23.6 Å². The topological polar surface area (TPSA) is 115 Å². The van der Waals surface area contributed by atoms with Gasteiger partial charge in [-0.05, 0) is 78.8 Å². The predicted octanol–water partition coefficient (Wildman–Crippen LogP) is 4.46. The number of nitrogens with one attached hydrogen (secondary N) is 2. The molecule has 0 saturated heterocycles. The van der Waals surface area contributed by atoms with Crippen molar-refractivity contribution in [2.75, 3.05) is 25.1 Å². The number of amides is 2. The molecule has 0 unspecified atom stereocenters. The minimum atomic E-state index is -0.476. The molecular formula is C24H27ClIN3O6. The lowest BCUT2D eigenvalue weighted by Crippen LogP contribution is -2.20.